The van der Waals surface area contributed by atoms with Crippen LogP contribution >= 0.6 is 11.3 Å². The summed E-state index contributed by atoms with van der Waals surface area (Å²) < 4.78 is 5.39. The maximum atomic E-state index is 9.83. The lowest BCUT2D eigenvalue weighted by atomic mass is 10.1. The Morgan fingerprint density at radius 2 is 2.30 bits per heavy atom. The SMILES string of the molecule is OC1CCCN(c2cc(-c3nc(-c4cccs4)no3)ccn2)C1. The highest BCUT2D eigenvalue weighted by atomic mass is 32.1. The van der Waals surface area contributed by atoms with Crippen molar-refractivity contribution in [2.45, 2.75) is 18.9 Å². The van der Waals surface area contributed by atoms with Crippen molar-refractivity contribution in [1.29, 1.82) is 0 Å². The van der Waals surface area contributed by atoms with Gasteiger partial charge in [0.25, 0.3) is 5.89 Å². The summed E-state index contributed by atoms with van der Waals surface area (Å²) in [5.74, 6) is 1.91. The summed E-state index contributed by atoms with van der Waals surface area (Å²) in [5.41, 5.74) is 0.838. The van der Waals surface area contributed by atoms with E-state index in [9.17, 15) is 5.11 Å². The fraction of sp³-hybridized carbons (Fsp3) is 0.312. The average Bonchev–Trinajstić information content (AvgIpc) is 3.26. The molecule has 6 nitrogen and oxygen atoms in total. The summed E-state index contributed by atoms with van der Waals surface area (Å²) in [7, 11) is 0. The largest absolute Gasteiger partial charge is 0.391 e. The number of β-amino-alcohol motifs (C(OH)–C–C–N with tert-alkyl or cyclic N) is 1. The van der Waals surface area contributed by atoms with Crippen LogP contribution in [0, 0.1) is 0 Å². The number of rotatable bonds is 3. The molecule has 1 N–H and O–H groups in total. The third kappa shape index (κ3) is 2.97. The standard InChI is InChI=1S/C16H16N4O2S/c21-12-3-1-7-20(10-12)14-9-11(5-6-17-14)16-18-15(19-22-16)13-4-2-8-23-13/h2,4-6,8-9,12,21H,1,3,7,10H2. The Bertz CT molecular complexity index is 787. The van der Waals surface area contributed by atoms with Gasteiger partial charge in [0.1, 0.15) is 5.82 Å². The molecule has 0 aromatic carbocycles. The maximum Gasteiger partial charge on any atom is 0.258 e. The number of anilines is 1. The monoisotopic (exact) mass is 328 g/mol. The van der Waals surface area contributed by atoms with Crippen molar-refractivity contribution in [3.63, 3.8) is 0 Å². The van der Waals surface area contributed by atoms with Crippen LogP contribution in [-0.4, -0.2) is 39.4 Å². The van der Waals surface area contributed by atoms with Crippen molar-refractivity contribution in [1.82, 2.24) is 15.1 Å². The third-order valence-corrected chi connectivity index (χ3v) is 4.75. The van der Waals surface area contributed by atoms with Gasteiger partial charge in [-0.1, -0.05) is 11.2 Å². The van der Waals surface area contributed by atoms with E-state index < -0.39 is 0 Å². The lowest BCUT2D eigenvalue weighted by Crippen LogP contribution is -2.38. The molecule has 7 heteroatoms. The molecule has 0 saturated carbocycles. The summed E-state index contributed by atoms with van der Waals surface area (Å²) >= 11 is 1.58. The first-order valence-electron chi connectivity index (χ1n) is 7.56. The molecular formula is C16H16N4O2S. The zero-order chi connectivity index (χ0) is 15.6. The van der Waals surface area contributed by atoms with Crippen LogP contribution in [0.25, 0.3) is 22.2 Å². The van der Waals surface area contributed by atoms with E-state index in [4.69, 9.17) is 4.52 Å². The quantitative estimate of drug-likeness (QED) is 0.797. The second-order valence-electron chi connectivity index (χ2n) is 5.55. The summed E-state index contributed by atoms with van der Waals surface area (Å²) in [4.78, 5) is 11.9. The number of hydrogen-bond donors (Lipinski definition) is 1. The minimum Gasteiger partial charge on any atom is -0.391 e. The fourth-order valence-electron chi connectivity index (χ4n) is 2.73. The van der Waals surface area contributed by atoms with Gasteiger partial charge in [-0.3, -0.25) is 0 Å². The van der Waals surface area contributed by atoms with Gasteiger partial charge in [0.05, 0.1) is 11.0 Å². The molecule has 0 amide bonds. The molecule has 1 unspecified atom stereocenters. The number of nitrogens with zero attached hydrogens (tertiary/aromatic N) is 4. The van der Waals surface area contributed by atoms with Gasteiger partial charge in [0.2, 0.25) is 5.82 Å². The Kier molecular flexibility index (Phi) is 3.80. The molecule has 4 rings (SSSR count). The van der Waals surface area contributed by atoms with Crippen molar-refractivity contribution in [2.75, 3.05) is 18.0 Å². The number of thiophene rings is 1. The van der Waals surface area contributed by atoms with E-state index in [-0.39, 0.29) is 6.10 Å². The highest BCUT2D eigenvalue weighted by molar-refractivity contribution is 7.13. The Morgan fingerprint density at radius 3 is 3.13 bits per heavy atom. The molecular weight excluding hydrogens is 312 g/mol. The molecule has 1 fully saturated rings. The summed E-state index contributed by atoms with van der Waals surface area (Å²) in [5, 5.41) is 15.9. The highest BCUT2D eigenvalue weighted by Crippen LogP contribution is 2.27. The van der Waals surface area contributed by atoms with E-state index in [1.165, 1.54) is 0 Å². The number of aliphatic hydroxyl groups excluding tert-OH is 1. The minimum atomic E-state index is -0.289. The highest BCUT2D eigenvalue weighted by Gasteiger charge is 2.20. The van der Waals surface area contributed by atoms with Crippen LogP contribution in [0.2, 0.25) is 0 Å². The Hall–Kier alpha value is -2.25. The first-order valence-corrected chi connectivity index (χ1v) is 8.44. The van der Waals surface area contributed by atoms with Gasteiger partial charge in [-0.2, -0.15) is 4.98 Å². The smallest absolute Gasteiger partial charge is 0.258 e. The number of hydrogen-bond acceptors (Lipinski definition) is 7. The molecule has 3 aromatic heterocycles. The summed E-state index contributed by atoms with van der Waals surface area (Å²) in [6.45, 7) is 1.51. The van der Waals surface area contributed by atoms with Gasteiger partial charge < -0.3 is 14.5 Å². The lowest BCUT2D eigenvalue weighted by molar-refractivity contribution is 0.154. The van der Waals surface area contributed by atoms with Crippen LogP contribution in [-0.2, 0) is 0 Å². The van der Waals surface area contributed by atoms with E-state index in [0.717, 1.165) is 35.6 Å². The van der Waals surface area contributed by atoms with Gasteiger partial charge in [0.15, 0.2) is 0 Å². The van der Waals surface area contributed by atoms with Gasteiger partial charge in [-0.05, 0) is 36.4 Å². The Balaban J connectivity index is 1.61. The molecule has 1 saturated heterocycles. The second-order valence-corrected chi connectivity index (χ2v) is 6.49. The van der Waals surface area contributed by atoms with Crippen molar-refractivity contribution in [3.05, 3.63) is 35.8 Å². The summed E-state index contributed by atoms with van der Waals surface area (Å²) in [6, 6.07) is 7.72. The van der Waals surface area contributed by atoms with Crippen LogP contribution in [0.4, 0.5) is 5.82 Å². The van der Waals surface area contributed by atoms with Crippen molar-refractivity contribution >= 4 is 17.2 Å². The second kappa shape index (κ2) is 6.10. The number of aliphatic hydroxyl groups is 1. The van der Waals surface area contributed by atoms with Crippen LogP contribution in [0.1, 0.15) is 12.8 Å². The van der Waals surface area contributed by atoms with Gasteiger partial charge >= 0.3 is 0 Å². The molecule has 118 valence electrons. The van der Waals surface area contributed by atoms with Crippen LogP contribution < -0.4 is 4.90 Å². The zero-order valence-corrected chi connectivity index (χ0v) is 13.2. The first kappa shape index (κ1) is 14.3. The molecule has 1 aliphatic heterocycles. The molecule has 0 spiro atoms. The zero-order valence-electron chi connectivity index (χ0n) is 12.4. The maximum absolute atomic E-state index is 9.83. The van der Waals surface area contributed by atoms with Gasteiger partial charge in [-0.15, -0.1) is 11.3 Å². The van der Waals surface area contributed by atoms with E-state index in [1.54, 1.807) is 17.5 Å². The normalized spacial score (nSPS) is 18.3. The minimum absolute atomic E-state index is 0.289. The van der Waals surface area contributed by atoms with Crippen LogP contribution in [0.15, 0.2) is 40.4 Å². The lowest BCUT2D eigenvalue weighted by Gasteiger charge is -2.31. The van der Waals surface area contributed by atoms with Gasteiger partial charge in [0, 0.05) is 24.8 Å². The van der Waals surface area contributed by atoms with E-state index in [1.807, 2.05) is 29.6 Å². The topological polar surface area (TPSA) is 75.3 Å². The van der Waals surface area contributed by atoms with Crippen molar-refractivity contribution in [3.8, 4) is 22.2 Å². The molecule has 1 aliphatic rings. The number of aromatic nitrogens is 3. The number of piperidine rings is 1. The van der Waals surface area contributed by atoms with E-state index in [2.05, 4.69) is 20.0 Å². The Labute approximate surface area is 137 Å². The molecule has 23 heavy (non-hydrogen) atoms. The third-order valence-electron chi connectivity index (χ3n) is 3.88. The first-order chi connectivity index (χ1) is 11.3. The molecule has 0 bridgehead atoms. The molecule has 4 heterocycles. The molecule has 0 aliphatic carbocycles. The van der Waals surface area contributed by atoms with Crippen LogP contribution in [0.5, 0.6) is 0 Å². The fourth-order valence-corrected chi connectivity index (χ4v) is 3.38. The molecule has 0 radical (unpaired) electrons. The molecule has 3 aromatic rings. The number of pyridine rings is 1. The Morgan fingerprint density at radius 1 is 1.35 bits per heavy atom. The van der Waals surface area contributed by atoms with Crippen molar-refractivity contribution in [2.24, 2.45) is 0 Å². The van der Waals surface area contributed by atoms with E-state index >= 15 is 0 Å². The summed E-state index contributed by atoms with van der Waals surface area (Å²) in [6.07, 6.45) is 3.27. The predicted octanol–water partition coefficient (Wildman–Crippen LogP) is 2.82. The van der Waals surface area contributed by atoms with E-state index in [0.29, 0.717) is 18.3 Å². The van der Waals surface area contributed by atoms with Gasteiger partial charge in [-0.25, -0.2) is 4.98 Å². The predicted molar refractivity (Wildman–Crippen MR) is 88.3 cm³/mol. The van der Waals surface area contributed by atoms with Crippen LogP contribution in [0.3, 0.4) is 0 Å². The van der Waals surface area contributed by atoms with Crippen molar-refractivity contribution < 1.29 is 9.63 Å². The average molecular weight is 328 g/mol. The molecule has 1 atom stereocenters.